The molecule has 0 saturated heterocycles. The Kier molecular flexibility index (Phi) is 5.41. The Morgan fingerprint density at radius 2 is 1.88 bits per heavy atom. The molecule has 1 aliphatic rings. The summed E-state index contributed by atoms with van der Waals surface area (Å²) in [6.07, 6.45) is -1.27. The van der Waals surface area contributed by atoms with E-state index >= 15 is 0 Å². The fraction of sp³-hybridized carbons (Fsp3) is 0.412. The van der Waals surface area contributed by atoms with Crippen LogP contribution in [0.2, 0.25) is 0 Å². The number of nitrogens with one attached hydrogen (secondary N) is 1. The zero-order valence-corrected chi connectivity index (χ0v) is 14.6. The number of benzene rings is 1. The summed E-state index contributed by atoms with van der Waals surface area (Å²) in [6.45, 7) is 6.12. The van der Waals surface area contributed by atoms with Crippen LogP contribution >= 0.6 is 0 Å². The molecule has 0 aromatic heterocycles. The summed E-state index contributed by atoms with van der Waals surface area (Å²) in [6, 6.07) is 8.90. The van der Waals surface area contributed by atoms with E-state index in [1.54, 1.807) is 45.0 Å². The second-order valence-electron chi connectivity index (χ2n) is 6.41. The Labute approximate surface area is 145 Å². The van der Waals surface area contributed by atoms with Crippen molar-refractivity contribution in [1.82, 2.24) is 10.3 Å². The van der Waals surface area contributed by atoms with Gasteiger partial charge < -0.3 is 14.8 Å². The van der Waals surface area contributed by atoms with E-state index in [0.29, 0.717) is 5.56 Å². The molecular formula is C17H21N3O5. The molecule has 134 valence electrons. The van der Waals surface area contributed by atoms with Crippen molar-refractivity contribution < 1.29 is 23.9 Å². The number of hydrazone groups is 1. The van der Waals surface area contributed by atoms with E-state index in [2.05, 4.69) is 10.4 Å². The Morgan fingerprint density at radius 3 is 2.44 bits per heavy atom. The summed E-state index contributed by atoms with van der Waals surface area (Å²) in [7, 11) is 0. The summed E-state index contributed by atoms with van der Waals surface area (Å²) >= 11 is 0. The summed E-state index contributed by atoms with van der Waals surface area (Å²) in [5.74, 6) is -1.54. The molecule has 1 heterocycles. The minimum atomic E-state index is -1.27. The second-order valence-corrected chi connectivity index (χ2v) is 6.41. The van der Waals surface area contributed by atoms with Gasteiger partial charge in [0.2, 0.25) is 11.8 Å². The molecule has 8 heteroatoms. The number of carbonyl (C=O) groups is 3. The first-order valence-corrected chi connectivity index (χ1v) is 7.77. The maximum Gasteiger partial charge on any atom is 0.325 e. The fourth-order valence-corrected chi connectivity index (χ4v) is 2.06. The number of esters is 1. The van der Waals surface area contributed by atoms with Gasteiger partial charge in [-0.15, -0.1) is 5.10 Å². The lowest BCUT2D eigenvalue weighted by atomic mass is 10.2. The van der Waals surface area contributed by atoms with Crippen LogP contribution in [0, 0.1) is 0 Å². The first kappa shape index (κ1) is 18.4. The summed E-state index contributed by atoms with van der Waals surface area (Å²) in [4.78, 5) is 35.7. The van der Waals surface area contributed by atoms with Gasteiger partial charge in [0.25, 0.3) is 12.1 Å². The molecule has 8 nitrogen and oxygen atoms in total. The third kappa shape index (κ3) is 5.03. The van der Waals surface area contributed by atoms with Crippen LogP contribution in [-0.2, 0) is 23.9 Å². The van der Waals surface area contributed by atoms with Crippen molar-refractivity contribution in [1.29, 1.82) is 0 Å². The molecule has 2 rings (SSSR count). The minimum Gasteiger partial charge on any atom is -0.459 e. The van der Waals surface area contributed by atoms with Crippen LogP contribution in [0.15, 0.2) is 35.4 Å². The molecule has 1 N–H and O–H groups in total. The molecule has 0 spiro atoms. The van der Waals surface area contributed by atoms with Crippen molar-refractivity contribution in [3.63, 3.8) is 0 Å². The van der Waals surface area contributed by atoms with Gasteiger partial charge in [0.15, 0.2) is 0 Å². The number of ether oxygens (including phenoxy) is 2. The minimum absolute atomic E-state index is 0.160. The van der Waals surface area contributed by atoms with Crippen LogP contribution in [0.4, 0.5) is 0 Å². The lowest BCUT2D eigenvalue weighted by Gasteiger charge is -2.21. The van der Waals surface area contributed by atoms with Gasteiger partial charge in [-0.05, 0) is 32.9 Å². The van der Waals surface area contributed by atoms with Crippen LogP contribution in [0.1, 0.15) is 33.3 Å². The average Bonchev–Trinajstić information content (AvgIpc) is 2.97. The van der Waals surface area contributed by atoms with Crippen LogP contribution in [0.3, 0.4) is 0 Å². The second kappa shape index (κ2) is 7.33. The molecule has 0 radical (unpaired) electrons. The Balaban J connectivity index is 2.02. The van der Waals surface area contributed by atoms with E-state index in [9.17, 15) is 14.4 Å². The zero-order valence-electron chi connectivity index (χ0n) is 14.6. The average molecular weight is 347 g/mol. The zero-order chi connectivity index (χ0) is 18.6. The third-order valence-corrected chi connectivity index (χ3v) is 3.04. The van der Waals surface area contributed by atoms with Gasteiger partial charge in [-0.3, -0.25) is 14.4 Å². The number of rotatable bonds is 4. The van der Waals surface area contributed by atoms with Crippen LogP contribution in [0.25, 0.3) is 0 Å². The SMILES string of the molecule is CC(=O)N1N=C(c2ccccc2)OC1C(=O)NCC(=O)OC(C)(C)C. The largest absolute Gasteiger partial charge is 0.459 e. The first-order chi connectivity index (χ1) is 11.7. The van der Waals surface area contributed by atoms with Crippen molar-refractivity contribution in [2.24, 2.45) is 5.10 Å². The molecule has 1 aromatic rings. The predicted molar refractivity (Wildman–Crippen MR) is 89.2 cm³/mol. The Morgan fingerprint density at radius 1 is 1.24 bits per heavy atom. The summed E-state index contributed by atoms with van der Waals surface area (Å²) in [5.41, 5.74) is -0.0167. The highest BCUT2D eigenvalue weighted by molar-refractivity contribution is 6.00. The van der Waals surface area contributed by atoms with E-state index in [0.717, 1.165) is 5.01 Å². The predicted octanol–water partition coefficient (Wildman–Crippen LogP) is 1.01. The van der Waals surface area contributed by atoms with Crippen LogP contribution < -0.4 is 5.32 Å². The van der Waals surface area contributed by atoms with Crippen molar-refractivity contribution in [3.05, 3.63) is 35.9 Å². The first-order valence-electron chi connectivity index (χ1n) is 7.77. The topological polar surface area (TPSA) is 97.3 Å². The van der Waals surface area contributed by atoms with Gasteiger partial charge in [0.05, 0.1) is 0 Å². The number of hydrogen-bond acceptors (Lipinski definition) is 6. The summed E-state index contributed by atoms with van der Waals surface area (Å²) in [5, 5.41) is 7.38. The maximum atomic E-state index is 12.3. The van der Waals surface area contributed by atoms with E-state index in [-0.39, 0.29) is 12.4 Å². The highest BCUT2D eigenvalue weighted by Crippen LogP contribution is 2.17. The number of nitrogens with zero attached hydrogens (tertiary/aromatic N) is 2. The normalized spacial score (nSPS) is 16.7. The van der Waals surface area contributed by atoms with Gasteiger partial charge in [-0.25, -0.2) is 0 Å². The Bertz CT molecular complexity index is 694. The number of hydrogen-bond donors (Lipinski definition) is 1. The molecule has 1 aliphatic heterocycles. The quantitative estimate of drug-likeness (QED) is 0.820. The maximum absolute atomic E-state index is 12.3. The monoisotopic (exact) mass is 347 g/mol. The fourth-order valence-electron chi connectivity index (χ4n) is 2.06. The standard InChI is InChI=1S/C17H21N3O5/c1-11(21)20-16(14(23)18-10-13(22)25-17(2,3)4)24-15(19-20)12-8-6-5-7-9-12/h5-9,16H,10H2,1-4H3,(H,18,23). The highest BCUT2D eigenvalue weighted by atomic mass is 16.6. The van der Waals surface area contributed by atoms with Crippen molar-refractivity contribution in [3.8, 4) is 0 Å². The van der Waals surface area contributed by atoms with Gasteiger partial charge in [-0.1, -0.05) is 18.2 Å². The highest BCUT2D eigenvalue weighted by Gasteiger charge is 2.37. The van der Waals surface area contributed by atoms with E-state index < -0.39 is 29.6 Å². The molecule has 0 fully saturated rings. The van der Waals surface area contributed by atoms with Crippen molar-refractivity contribution in [2.75, 3.05) is 6.54 Å². The van der Waals surface area contributed by atoms with E-state index in [4.69, 9.17) is 9.47 Å². The molecule has 25 heavy (non-hydrogen) atoms. The molecular weight excluding hydrogens is 326 g/mol. The lowest BCUT2D eigenvalue weighted by Crippen LogP contribution is -2.47. The smallest absolute Gasteiger partial charge is 0.325 e. The number of amides is 2. The van der Waals surface area contributed by atoms with E-state index in [1.807, 2.05) is 6.07 Å². The summed E-state index contributed by atoms with van der Waals surface area (Å²) < 4.78 is 10.6. The lowest BCUT2D eigenvalue weighted by molar-refractivity contribution is -0.156. The molecule has 1 atom stereocenters. The Hall–Kier alpha value is -2.90. The third-order valence-electron chi connectivity index (χ3n) is 3.04. The van der Waals surface area contributed by atoms with Gasteiger partial charge in [-0.2, -0.15) is 5.01 Å². The molecule has 0 saturated carbocycles. The van der Waals surface area contributed by atoms with Gasteiger partial charge >= 0.3 is 5.97 Å². The van der Waals surface area contributed by atoms with E-state index in [1.165, 1.54) is 6.92 Å². The molecule has 1 aromatic carbocycles. The van der Waals surface area contributed by atoms with Crippen LogP contribution in [0.5, 0.6) is 0 Å². The van der Waals surface area contributed by atoms with Crippen molar-refractivity contribution >= 4 is 23.7 Å². The van der Waals surface area contributed by atoms with Crippen LogP contribution in [-0.4, -0.2) is 47.1 Å². The van der Waals surface area contributed by atoms with Gasteiger partial charge in [0, 0.05) is 12.5 Å². The van der Waals surface area contributed by atoms with Gasteiger partial charge in [0.1, 0.15) is 12.1 Å². The molecule has 0 aliphatic carbocycles. The molecule has 0 bridgehead atoms. The molecule has 1 unspecified atom stereocenters. The molecule has 2 amide bonds. The van der Waals surface area contributed by atoms with Crippen molar-refractivity contribution in [2.45, 2.75) is 39.5 Å². The number of carbonyl (C=O) groups excluding carboxylic acids is 3.